The van der Waals surface area contributed by atoms with Crippen molar-refractivity contribution in [1.29, 1.82) is 0 Å². The number of nitrogens with zero attached hydrogens (tertiary/aromatic N) is 1. The second-order valence-corrected chi connectivity index (χ2v) is 5.96. The third kappa shape index (κ3) is 3.46. The molecule has 0 radical (unpaired) electrons. The number of hydrogen-bond acceptors (Lipinski definition) is 2. The maximum Gasteiger partial charge on any atom is 0.0192 e. The van der Waals surface area contributed by atoms with Crippen LogP contribution in [0.2, 0.25) is 0 Å². The van der Waals surface area contributed by atoms with Gasteiger partial charge in [-0.2, -0.15) is 0 Å². The lowest BCUT2D eigenvalue weighted by atomic mass is 9.82. The molecule has 0 amide bonds. The second kappa shape index (κ2) is 6.02. The van der Waals surface area contributed by atoms with Gasteiger partial charge in [-0.05, 0) is 31.1 Å². The summed E-state index contributed by atoms with van der Waals surface area (Å²) in [6.07, 6.45) is 7.16. The molecular weight excluding hydrogens is 196 g/mol. The molecule has 0 aromatic carbocycles. The zero-order valence-corrected chi connectivity index (χ0v) is 11.0. The Morgan fingerprint density at radius 1 is 1.31 bits per heavy atom. The molecule has 2 rings (SSSR count). The minimum atomic E-state index is 0.745. The molecule has 0 aromatic rings. The van der Waals surface area contributed by atoms with E-state index < -0.39 is 0 Å². The van der Waals surface area contributed by atoms with Crippen molar-refractivity contribution in [2.75, 3.05) is 26.2 Å². The number of hydrogen-bond donors (Lipinski definition) is 1. The molecule has 2 aliphatic rings. The van der Waals surface area contributed by atoms with Crippen molar-refractivity contribution in [3.8, 4) is 0 Å². The van der Waals surface area contributed by atoms with Crippen molar-refractivity contribution in [3.05, 3.63) is 0 Å². The molecule has 2 heteroatoms. The van der Waals surface area contributed by atoms with Gasteiger partial charge in [0, 0.05) is 32.2 Å². The van der Waals surface area contributed by atoms with Gasteiger partial charge in [-0.1, -0.05) is 26.7 Å². The third-order valence-electron chi connectivity index (χ3n) is 4.39. The van der Waals surface area contributed by atoms with Gasteiger partial charge in [0.15, 0.2) is 0 Å². The monoisotopic (exact) mass is 224 g/mol. The van der Waals surface area contributed by atoms with Crippen LogP contribution in [0, 0.1) is 11.8 Å². The molecule has 16 heavy (non-hydrogen) atoms. The van der Waals surface area contributed by atoms with Gasteiger partial charge >= 0.3 is 0 Å². The van der Waals surface area contributed by atoms with Crippen LogP contribution >= 0.6 is 0 Å². The van der Waals surface area contributed by atoms with E-state index in [1.165, 1.54) is 58.3 Å². The van der Waals surface area contributed by atoms with Crippen LogP contribution in [0.25, 0.3) is 0 Å². The van der Waals surface area contributed by atoms with Gasteiger partial charge in [0.05, 0.1) is 0 Å². The van der Waals surface area contributed by atoms with Crippen LogP contribution in [0.3, 0.4) is 0 Å². The summed E-state index contributed by atoms with van der Waals surface area (Å²) in [7, 11) is 0. The lowest BCUT2D eigenvalue weighted by molar-refractivity contribution is 0.142. The number of piperazine rings is 1. The van der Waals surface area contributed by atoms with Gasteiger partial charge < -0.3 is 10.2 Å². The first-order valence-corrected chi connectivity index (χ1v) is 7.23. The molecule has 1 saturated carbocycles. The molecule has 0 spiro atoms. The Hall–Kier alpha value is -0.0800. The summed E-state index contributed by atoms with van der Waals surface area (Å²) in [6, 6.07) is 0.745. The van der Waals surface area contributed by atoms with E-state index in [4.69, 9.17) is 0 Å². The van der Waals surface area contributed by atoms with Gasteiger partial charge in [0.1, 0.15) is 0 Å². The van der Waals surface area contributed by atoms with Crippen molar-refractivity contribution in [3.63, 3.8) is 0 Å². The van der Waals surface area contributed by atoms with Gasteiger partial charge in [-0.15, -0.1) is 0 Å². The summed E-state index contributed by atoms with van der Waals surface area (Å²) in [4.78, 5) is 2.70. The molecule has 94 valence electrons. The molecule has 0 bridgehead atoms. The van der Waals surface area contributed by atoms with Crippen LogP contribution in [-0.4, -0.2) is 37.1 Å². The van der Waals surface area contributed by atoms with Gasteiger partial charge in [0.25, 0.3) is 0 Å². The summed E-state index contributed by atoms with van der Waals surface area (Å²) in [6.45, 7) is 9.83. The number of rotatable bonds is 3. The predicted molar refractivity (Wildman–Crippen MR) is 69.6 cm³/mol. The average Bonchev–Trinajstić information content (AvgIpc) is 2.29. The Bertz CT molecular complexity index is 205. The highest BCUT2D eigenvalue weighted by Crippen LogP contribution is 2.29. The molecule has 2 nitrogen and oxygen atoms in total. The van der Waals surface area contributed by atoms with E-state index in [0.29, 0.717) is 0 Å². The Labute approximate surface area is 101 Å². The minimum Gasteiger partial charge on any atom is -0.311 e. The standard InChI is InChI=1S/C14H28N2/c1-3-14-11-16(8-7-15-14)10-13-6-4-5-12(2)9-13/h12-15H,3-11H2,1-2H3. The first-order chi connectivity index (χ1) is 7.78. The first-order valence-electron chi connectivity index (χ1n) is 7.23. The Morgan fingerprint density at radius 2 is 2.19 bits per heavy atom. The van der Waals surface area contributed by atoms with Gasteiger partial charge in [-0.25, -0.2) is 0 Å². The smallest absolute Gasteiger partial charge is 0.0192 e. The van der Waals surface area contributed by atoms with Crippen LogP contribution in [0.5, 0.6) is 0 Å². The van der Waals surface area contributed by atoms with E-state index in [2.05, 4.69) is 24.1 Å². The zero-order chi connectivity index (χ0) is 11.4. The maximum absolute atomic E-state index is 3.60. The Morgan fingerprint density at radius 3 is 2.94 bits per heavy atom. The molecule has 0 aromatic heterocycles. The van der Waals surface area contributed by atoms with Crippen molar-refractivity contribution >= 4 is 0 Å². The molecule has 1 aliphatic heterocycles. The van der Waals surface area contributed by atoms with E-state index in [9.17, 15) is 0 Å². The normalized spacial score (nSPS) is 37.5. The fraction of sp³-hybridized carbons (Fsp3) is 1.00. The summed E-state index contributed by atoms with van der Waals surface area (Å²) in [5.41, 5.74) is 0. The highest BCUT2D eigenvalue weighted by molar-refractivity contribution is 4.80. The van der Waals surface area contributed by atoms with E-state index in [1.54, 1.807) is 0 Å². The minimum absolute atomic E-state index is 0.745. The molecule has 1 N–H and O–H groups in total. The van der Waals surface area contributed by atoms with Crippen LogP contribution in [-0.2, 0) is 0 Å². The predicted octanol–water partition coefficient (Wildman–Crippen LogP) is 2.50. The maximum atomic E-state index is 3.60. The van der Waals surface area contributed by atoms with E-state index >= 15 is 0 Å². The van der Waals surface area contributed by atoms with Crippen LogP contribution in [0.4, 0.5) is 0 Å². The summed E-state index contributed by atoms with van der Waals surface area (Å²) < 4.78 is 0. The number of nitrogens with one attached hydrogen (secondary N) is 1. The molecular formula is C14H28N2. The SMILES string of the molecule is CCC1CN(CC2CCCC(C)C2)CCN1. The lowest BCUT2D eigenvalue weighted by Gasteiger charge is -2.37. The van der Waals surface area contributed by atoms with E-state index in [1.807, 2.05) is 0 Å². The fourth-order valence-electron chi connectivity index (χ4n) is 3.42. The summed E-state index contributed by atoms with van der Waals surface area (Å²) >= 11 is 0. The quantitative estimate of drug-likeness (QED) is 0.792. The van der Waals surface area contributed by atoms with Crippen molar-refractivity contribution < 1.29 is 0 Å². The Balaban J connectivity index is 1.75. The second-order valence-electron chi connectivity index (χ2n) is 5.96. The zero-order valence-electron chi connectivity index (χ0n) is 11.0. The van der Waals surface area contributed by atoms with Crippen molar-refractivity contribution in [1.82, 2.24) is 10.2 Å². The highest BCUT2D eigenvalue weighted by atomic mass is 15.2. The molecule has 2 fully saturated rings. The Kier molecular flexibility index (Phi) is 4.66. The van der Waals surface area contributed by atoms with E-state index in [0.717, 1.165) is 17.9 Å². The van der Waals surface area contributed by atoms with Crippen molar-refractivity contribution in [2.24, 2.45) is 11.8 Å². The third-order valence-corrected chi connectivity index (χ3v) is 4.39. The molecule has 1 heterocycles. The summed E-state index contributed by atoms with van der Waals surface area (Å²) in [5.74, 6) is 1.96. The lowest BCUT2D eigenvalue weighted by Crippen LogP contribution is -2.51. The van der Waals surface area contributed by atoms with Crippen LogP contribution in [0.1, 0.15) is 46.0 Å². The average molecular weight is 224 g/mol. The van der Waals surface area contributed by atoms with Crippen LogP contribution < -0.4 is 5.32 Å². The van der Waals surface area contributed by atoms with Crippen molar-refractivity contribution in [2.45, 2.75) is 52.0 Å². The van der Waals surface area contributed by atoms with Gasteiger partial charge in [-0.3, -0.25) is 0 Å². The first kappa shape index (κ1) is 12.4. The summed E-state index contributed by atoms with van der Waals surface area (Å²) in [5, 5.41) is 3.60. The molecule has 3 atom stereocenters. The fourth-order valence-corrected chi connectivity index (χ4v) is 3.42. The largest absolute Gasteiger partial charge is 0.311 e. The van der Waals surface area contributed by atoms with Gasteiger partial charge in [0.2, 0.25) is 0 Å². The highest BCUT2D eigenvalue weighted by Gasteiger charge is 2.24. The van der Waals surface area contributed by atoms with Crippen LogP contribution in [0.15, 0.2) is 0 Å². The molecule has 3 unspecified atom stereocenters. The molecule has 1 aliphatic carbocycles. The van der Waals surface area contributed by atoms with E-state index in [-0.39, 0.29) is 0 Å². The topological polar surface area (TPSA) is 15.3 Å². The molecule has 1 saturated heterocycles.